The minimum Gasteiger partial charge on any atom is -0.493 e. The Morgan fingerprint density at radius 2 is 1.85 bits per heavy atom. The van der Waals surface area contributed by atoms with Crippen molar-refractivity contribution in [3.05, 3.63) is 59.2 Å². The number of hydrogen-bond donors (Lipinski definition) is 1. The van der Waals surface area contributed by atoms with E-state index >= 15 is 0 Å². The van der Waals surface area contributed by atoms with E-state index < -0.39 is 17.8 Å². The van der Waals surface area contributed by atoms with Crippen LogP contribution in [0.25, 0.3) is 21.8 Å². The number of aromatic nitrogens is 2. The second-order valence-corrected chi connectivity index (χ2v) is 10.3. The lowest BCUT2D eigenvalue weighted by Gasteiger charge is -2.27. The predicted octanol–water partition coefficient (Wildman–Crippen LogP) is 6.73. The van der Waals surface area contributed by atoms with Gasteiger partial charge < -0.3 is 24.1 Å². The Hall–Kier alpha value is -4.02. The van der Waals surface area contributed by atoms with Crippen molar-refractivity contribution in [1.29, 1.82) is 0 Å². The van der Waals surface area contributed by atoms with E-state index in [0.717, 1.165) is 10.1 Å². The average Bonchev–Trinajstić information content (AvgIpc) is 3.25. The summed E-state index contributed by atoms with van der Waals surface area (Å²) in [5.74, 6) is 0.894. The maximum absolute atomic E-state index is 13.4. The molecule has 0 atom stereocenters. The van der Waals surface area contributed by atoms with Gasteiger partial charge in [-0.05, 0) is 39.3 Å². The molecule has 0 bridgehead atoms. The second-order valence-electron chi connectivity index (χ2n) is 9.89. The van der Waals surface area contributed by atoms with Gasteiger partial charge in [0.25, 0.3) is 0 Å². The molecule has 0 saturated carbocycles. The molecular weight excluding hydrogens is 538 g/mol. The van der Waals surface area contributed by atoms with Gasteiger partial charge in [-0.15, -0.1) is 0 Å². The standard InChI is InChI=1S/C29H32ClN3O7/c1-6-38-13-12-32(28(36)40-29(2,3)4)26-24-19-14-22(37-5)23(39-17-18-10-8-7-9-11-18)15-21(19)33(27(34)35)25(24)20(30)16-31-26/h7-11,14-16H,6,12-13,17H2,1-5H3,(H,34,35). The molecule has 212 valence electrons. The normalized spacial score (nSPS) is 11.6. The molecule has 0 saturated heterocycles. The van der Waals surface area contributed by atoms with Crippen LogP contribution in [0.3, 0.4) is 0 Å². The molecule has 10 nitrogen and oxygen atoms in total. The monoisotopic (exact) mass is 569 g/mol. The summed E-state index contributed by atoms with van der Waals surface area (Å²) in [4.78, 5) is 31.8. The predicted molar refractivity (Wildman–Crippen MR) is 153 cm³/mol. The highest BCUT2D eigenvalue weighted by atomic mass is 35.5. The van der Waals surface area contributed by atoms with Gasteiger partial charge in [0.2, 0.25) is 0 Å². The number of nitrogens with zero attached hydrogens (tertiary/aromatic N) is 3. The Balaban J connectivity index is 1.95. The Morgan fingerprint density at radius 1 is 1.12 bits per heavy atom. The number of pyridine rings is 1. The zero-order chi connectivity index (χ0) is 29.0. The molecule has 2 aromatic heterocycles. The first-order valence-corrected chi connectivity index (χ1v) is 13.1. The fourth-order valence-corrected chi connectivity index (χ4v) is 4.53. The third kappa shape index (κ3) is 6.08. The Labute approximate surface area is 237 Å². The fraction of sp³-hybridized carbons (Fsp3) is 0.345. The summed E-state index contributed by atoms with van der Waals surface area (Å²) in [6, 6.07) is 12.8. The molecule has 0 spiro atoms. The molecule has 0 fully saturated rings. The smallest absolute Gasteiger partial charge is 0.416 e. The molecule has 4 aromatic rings. The van der Waals surface area contributed by atoms with Crippen molar-refractivity contribution < 1.29 is 33.6 Å². The number of amides is 1. The number of benzene rings is 2. The number of anilines is 1. The molecule has 4 rings (SSSR count). The van der Waals surface area contributed by atoms with Gasteiger partial charge in [0, 0.05) is 18.1 Å². The van der Waals surface area contributed by atoms with Crippen LogP contribution in [0.2, 0.25) is 5.02 Å². The molecule has 0 unspecified atom stereocenters. The summed E-state index contributed by atoms with van der Waals surface area (Å²) < 4.78 is 23.9. The van der Waals surface area contributed by atoms with Crippen LogP contribution in [-0.2, 0) is 16.1 Å². The van der Waals surface area contributed by atoms with Gasteiger partial charge in [0.05, 0.1) is 47.9 Å². The van der Waals surface area contributed by atoms with Crippen molar-refractivity contribution in [3.8, 4) is 11.5 Å². The molecule has 1 amide bonds. The Kier molecular flexibility index (Phi) is 8.70. The van der Waals surface area contributed by atoms with E-state index in [4.69, 9.17) is 30.5 Å². The van der Waals surface area contributed by atoms with E-state index in [0.29, 0.717) is 28.9 Å². The van der Waals surface area contributed by atoms with Crippen LogP contribution in [0, 0.1) is 0 Å². The number of fused-ring (bicyclic) bond motifs is 3. The van der Waals surface area contributed by atoms with Gasteiger partial charge >= 0.3 is 12.2 Å². The number of hydrogen-bond acceptors (Lipinski definition) is 7. The lowest BCUT2D eigenvalue weighted by atomic mass is 10.1. The second kappa shape index (κ2) is 12.0. The Bertz CT molecular complexity index is 1530. The van der Waals surface area contributed by atoms with Crippen LogP contribution in [0.4, 0.5) is 15.4 Å². The average molecular weight is 570 g/mol. The van der Waals surface area contributed by atoms with E-state index in [2.05, 4.69) is 4.98 Å². The van der Waals surface area contributed by atoms with E-state index in [9.17, 15) is 14.7 Å². The Morgan fingerprint density at radius 3 is 2.48 bits per heavy atom. The number of carbonyl (C=O) groups is 2. The fourth-order valence-electron chi connectivity index (χ4n) is 4.30. The van der Waals surface area contributed by atoms with Crippen molar-refractivity contribution in [2.24, 2.45) is 0 Å². The molecule has 2 aromatic carbocycles. The van der Waals surface area contributed by atoms with Crippen LogP contribution in [0.5, 0.6) is 11.5 Å². The molecule has 1 N–H and O–H groups in total. The van der Waals surface area contributed by atoms with E-state index in [1.165, 1.54) is 18.2 Å². The first-order valence-electron chi connectivity index (χ1n) is 12.7. The van der Waals surface area contributed by atoms with Gasteiger partial charge in [-0.1, -0.05) is 41.9 Å². The zero-order valence-electron chi connectivity index (χ0n) is 23.1. The van der Waals surface area contributed by atoms with Crippen LogP contribution in [0.15, 0.2) is 48.7 Å². The number of ether oxygens (including phenoxy) is 4. The van der Waals surface area contributed by atoms with Gasteiger partial charge in [-0.25, -0.2) is 19.1 Å². The van der Waals surface area contributed by atoms with Gasteiger partial charge in [-0.2, -0.15) is 0 Å². The van der Waals surface area contributed by atoms with Crippen molar-refractivity contribution in [3.63, 3.8) is 0 Å². The van der Waals surface area contributed by atoms with Gasteiger partial charge in [0.15, 0.2) is 11.5 Å². The first-order chi connectivity index (χ1) is 19.1. The molecule has 0 aliphatic heterocycles. The maximum atomic E-state index is 13.4. The van der Waals surface area contributed by atoms with E-state index in [1.807, 2.05) is 37.3 Å². The van der Waals surface area contributed by atoms with Crippen LogP contribution < -0.4 is 14.4 Å². The van der Waals surface area contributed by atoms with Crippen molar-refractivity contribution in [2.75, 3.05) is 31.8 Å². The number of carboxylic acid groups (broad SMARTS) is 1. The van der Waals surface area contributed by atoms with Crippen molar-refractivity contribution >= 4 is 51.4 Å². The van der Waals surface area contributed by atoms with Gasteiger partial charge in [-0.3, -0.25) is 4.90 Å². The molecular formula is C29H32ClN3O7. The largest absolute Gasteiger partial charge is 0.493 e. The molecule has 11 heteroatoms. The third-order valence-corrected chi connectivity index (χ3v) is 6.24. The van der Waals surface area contributed by atoms with Crippen LogP contribution in [0.1, 0.15) is 33.3 Å². The molecule has 0 radical (unpaired) electrons. The first kappa shape index (κ1) is 29.0. The van der Waals surface area contributed by atoms with Crippen molar-refractivity contribution in [1.82, 2.24) is 9.55 Å². The summed E-state index contributed by atoms with van der Waals surface area (Å²) >= 11 is 6.55. The number of rotatable bonds is 9. The summed E-state index contributed by atoms with van der Waals surface area (Å²) in [6.07, 6.45) is -0.606. The third-order valence-electron chi connectivity index (χ3n) is 5.96. The number of halogens is 1. The zero-order valence-corrected chi connectivity index (χ0v) is 23.8. The summed E-state index contributed by atoms with van der Waals surface area (Å²) in [5.41, 5.74) is 0.605. The summed E-state index contributed by atoms with van der Waals surface area (Å²) in [6.45, 7) is 8.14. The minimum atomic E-state index is -1.27. The molecule has 40 heavy (non-hydrogen) atoms. The molecule has 2 heterocycles. The lowest BCUT2D eigenvalue weighted by molar-refractivity contribution is 0.0562. The SMILES string of the molecule is CCOCCN(C(=O)OC(C)(C)C)c1ncc(Cl)c2c1c1cc(OC)c(OCc3ccccc3)cc1n2C(=O)O. The van der Waals surface area contributed by atoms with E-state index in [1.54, 1.807) is 32.9 Å². The summed E-state index contributed by atoms with van der Waals surface area (Å²) in [5, 5.41) is 11.2. The minimum absolute atomic E-state index is 0.0945. The van der Waals surface area contributed by atoms with Crippen LogP contribution in [-0.4, -0.2) is 59.3 Å². The molecule has 0 aliphatic carbocycles. The van der Waals surface area contributed by atoms with Crippen molar-refractivity contribution in [2.45, 2.75) is 39.9 Å². The maximum Gasteiger partial charge on any atom is 0.416 e. The number of carbonyl (C=O) groups excluding carboxylic acids is 1. The number of methoxy groups -OCH3 is 1. The molecule has 0 aliphatic rings. The van der Waals surface area contributed by atoms with E-state index in [-0.39, 0.29) is 41.6 Å². The van der Waals surface area contributed by atoms with Crippen LogP contribution >= 0.6 is 11.6 Å². The van der Waals surface area contributed by atoms with Gasteiger partial charge in [0.1, 0.15) is 18.0 Å². The highest BCUT2D eigenvalue weighted by Gasteiger charge is 2.30. The highest BCUT2D eigenvalue weighted by molar-refractivity contribution is 6.38. The quantitative estimate of drug-likeness (QED) is 0.221. The summed E-state index contributed by atoms with van der Waals surface area (Å²) in [7, 11) is 1.49. The lowest BCUT2D eigenvalue weighted by Crippen LogP contribution is -2.39. The highest BCUT2D eigenvalue weighted by Crippen LogP contribution is 2.43. The topological polar surface area (TPSA) is 112 Å².